The van der Waals surface area contributed by atoms with E-state index in [4.69, 9.17) is 0 Å². The fraction of sp³-hybridized carbons (Fsp3) is 0.240. The van der Waals surface area contributed by atoms with Crippen LogP contribution in [0.2, 0.25) is 0 Å². The van der Waals surface area contributed by atoms with Gasteiger partial charge in [0, 0.05) is 31.4 Å². The third-order valence-electron chi connectivity index (χ3n) is 5.60. The Morgan fingerprint density at radius 3 is 2.17 bits per heavy atom. The van der Waals surface area contributed by atoms with E-state index < -0.39 is 5.82 Å². The van der Waals surface area contributed by atoms with Crippen molar-refractivity contribution in [2.75, 3.05) is 18.0 Å². The van der Waals surface area contributed by atoms with Gasteiger partial charge in [-0.2, -0.15) is 0 Å². The molecule has 0 aromatic heterocycles. The summed E-state index contributed by atoms with van der Waals surface area (Å²) in [5.41, 5.74) is 1.88. The Bertz CT molecular complexity index is 984. The average Bonchev–Trinajstić information content (AvgIpc) is 2.77. The molecule has 3 aromatic carbocycles. The SMILES string of the molecule is O=C(c1ccccc1F)N(c1ccc(F)cc1)C1CCN(Cc2ccccc2)CC1. The summed E-state index contributed by atoms with van der Waals surface area (Å²) in [7, 11) is 0. The van der Waals surface area contributed by atoms with Crippen LogP contribution in [-0.2, 0) is 6.54 Å². The van der Waals surface area contributed by atoms with E-state index in [0.717, 1.165) is 32.5 Å². The molecule has 5 heteroatoms. The first-order valence-electron chi connectivity index (χ1n) is 10.2. The first-order valence-corrected chi connectivity index (χ1v) is 10.2. The lowest BCUT2D eigenvalue weighted by atomic mass is 10.00. The summed E-state index contributed by atoms with van der Waals surface area (Å²) in [5.74, 6) is -1.30. The second kappa shape index (κ2) is 9.18. The van der Waals surface area contributed by atoms with Gasteiger partial charge in [-0.15, -0.1) is 0 Å². The molecule has 1 saturated heterocycles. The Hall–Kier alpha value is -3.05. The second-order valence-corrected chi connectivity index (χ2v) is 7.62. The van der Waals surface area contributed by atoms with E-state index in [1.807, 2.05) is 18.2 Å². The molecule has 30 heavy (non-hydrogen) atoms. The molecule has 1 aliphatic heterocycles. The second-order valence-electron chi connectivity index (χ2n) is 7.62. The molecule has 0 saturated carbocycles. The number of anilines is 1. The van der Waals surface area contributed by atoms with E-state index >= 15 is 0 Å². The lowest BCUT2D eigenvalue weighted by molar-refractivity contribution is 0.0954. The van der Waals surface area contributed by atoms with Crippen molar-refractivity contribution >= 4 is 11.6 Å². The summed E-state index contributed by atoms with van der Waals surface area (Å²) >= 11 is 0. The normalized spacial score (nSPS) is 15.1. The van der Waals surface area contributed by atoms with Crippen molar-refractivity contribution in [3.63, 3.8) is 0 Å². The number of amides is 1. The number of carbonyl (C=O) groups excluding carboxylic acids is 1. The predicted octanol–water partition coefficient (Wildman–Crippen LogP) is 5.28. The van der Waals surface area contributed by atoms with Gasteiger partial charge >= 0.3 is 0 Å². The topological polar surface area (TPSA) is 23.6 Å². The number of hydrogen-bond donors (Lipinski definition) is 0. The molecular formula is C25H24F2N2O. The first kappa shape index (κ1) is 20.2. The minimum atomic E-state index is -0.545. The molecular weight excluding hydrogens is 382 g/mol. The van der Waals surface area contributed by atoms with Crippen molar-refractivity contribution in [3.8, 4) is 0 Å². The third kappa shape index (κ3) is 4.57. The fourth-order valence-electron chi connectivity index (χ4n) is 4.04. The van der Waals surface area contributed by atoms with Crippen LogP contribution in [0.15, 0.2) is 78.9 Å². The zero-order valence-electron chi connectivity index (χ0n) is 16.7. The van der Waals surface area contributed by atoms with Crippen molar-refractivity contribution in [1.82, 2.24) is 4.90 Å². The largest absolute Gasteiger partial charge is 0.305 e. The molecule has 154 valence electrons. The molecule has 1 aliphatic rings. The van der Waals surface area contributed by atoms with E-state index in [0.29, 0.717) is 5.69 Å². The lowest BCUT2D eigenvalue weighted by Gasteiger charge is -2.38. The van der Waals surface area contributed by atoms with Crippen LogP contribution < -0.4 is 4.90 Å². The van der Waals surface area contributed by atoms with Gasteiger partial charge in [0.05, 0.1) is 5.56 Å². The van der Waals surface area contributed by atoms with Crippen molar-refractivity contribution in [3.05, 3.63) is 102 Å². The number of piperidine rings is 1. The minimum Gasteiger partial charge on any atom is -0.305 e. The quantitative estimate of drug-likeness (QED) is 0.576. The zero-order chi connectivity index (χ0) is 20.9. The molecule has 1 heterocycles. The fourth-order valence-corrected chi connectivity index (χ4v) is 4.04. The van der Waals surface area contributed by atoms with Crippen LogP contribution >= 0.6 is 0 Å². The van der Waals surface area contributed by atoms with E-state index in [9.17, 15) is 13.6 Å². The molecule has 0 radical (unpaired) electrons. The van der Waals surface area contributed by atoms with Crippen molar-refractivity contribution in [2.24, 2.45) is 0 Å². The van der Waals surface area contributed by atoms with Gasteiger partial charge in [0.1, 0.15) is 11.6 Å². The summed E-state index contributed by atoms with van der Waals surface area (Å²) in [6, 6.07) is 22.1. The highest BCUT2D eigenvalue weighted by atomic mass is 19.1. The molecule has 4 rings (SSSR count). The number of benzene rings is 3. The van der Waals surface area contributed by atoms with Crippen LogP contribution in [0.5, 0.6) is 0 Å². The first-order chi connectivity index (χ1) is 14.6. The number of rotatable bonds is 5. The maximum atomic E-state index is 14.3. The minimum absolute atomic E-state index is 0.0357. The number of carbonyl (C=O) groups is 1. The van der Waals surface area contributed by atoms with E-state index in [1.54, 1.807) is 29.2 Å². The van der Waals surface area contributed by atoms with E-state index in [2.05, 4.69) is 17.0 Å². The highest BCUT2D eigenvalue weighted by Gasteiger charge is 2.31. The molecule has 0 spiro atoms. The van der Waals surface area contributed by atoms with Crippen LogP contribution in [0.4, 0.5) is 14.5 Å². The smallest absolute Gasteiger partial charge is 0.261 e. The third-order valence-corrected chi connectivity index (χ3v) is 5.60. The number of halogens is 2. The molecule has 0 unspecified atom stereocenters. The van der Waals surface area contributed by atoms with Crippen molar-refractivity contribution in [1.29, 1.82) is 0 Å². The van der Waals surface area contributed by atoms with Gasteiger partial charge in [0.2, 0.25) is 0 Å². The van der Waals surface area contributed by atoms with Gasteiger partial charge in [-0.25, -0.2) is 8.78 Å². The maximum absolute atomic E-state index is 14.3. The Kier molecular flexibility index (Phi) is 6.19. The van der Waals surface area contributed by atoms with Gasteiger partial charge in [0.15, 0.2) is 0 Å². The Balaban J connectivity index is 1.54. The molecule has 1 fully saturated rings. The number of nitrogens with zero attached hydrogens (tertiary/aromatic N) is 2. The molecule has 1 amide bonds. The van der Waals surface area contributed by atoms with Gasteiger partial charge in [-0.05, 0) is 54.8 Å². The summed E-state index contributed by atoms with van der Waals surface area (Å²) in [6.07, 6.45) is 1.54. The average molecular weight is 406 g/mol. The Morgan fingerprint density at radius 1 is 0.867 bits per heavy atom. The van der Waals surface area contributed by atoms with E-state index in [1.165, 1.54) is 29.8 Å². The summed E-state index contributed by atoms with van der Waals surface area (Å²) in [6.45, 7) is 2.54. The van der Waals surface area contributed by atoms with Gasteiger partial charge < -0.3 is 4.90 Å². The highest BCUT2D eigenvalue weighted by molar-refractivity contribution is 6.06. The van der Waals surface area contributed by atoms with Crippen LogP contribution in [0.1, 0.15) is 28.8 Å². The monoisotopic (exact) mass is 406 g/mol. The van der Waals surface area contributed by atoms with Crippen LogP contribution in [0, 0.1) is 11.6 Å². The Morgan fingerprint density at radius 2 is 1.50 bits per heavy atom. The lowest BCUT2D eigenvalue weighted by Crippen LogP contribution is -2.47. The number of likely N-dealkylation sites (tertiary alicyclic amines) is 1. The van der Waals surface area contributed by atoms with Crippen molar-refractivity contribution in [2.45, 2.75) is 25.4 Å². The molecule has 0 bridgehead atoms. The molecule has 3 aromatic rings. The van der Waals surface area contributed by atoms with Crippen LogP contribution in [0.25, 0.3) is 0 Å². The van der Waals surface area contributed by atoms with Crippen LogP contribution in [-0.4, -0.2) is 29.9 Å². The summed E-state index contributed by atoms with van der Waals surface area (Å²) < 4.78 is 27.8. The highest BCUT2D eigenvalue weighted by Crippen LogP contribution is 2.27. The van der Waals surface area contributed by atoms with Gasteiger partial charge in [-0.3, -0.25) is 9.69 Å². The standard InChI is InChI=1S/C25H24F2N2O/c26-20-10-12-21(13-11-20)29(25(30)23-8-4-5-9-24(23)27)22-14-16-28(17-15-22)18-19-6-2-1-3-7-19/h1-13,22H,14-18H2. The zero-order valence-corrected chi connectivity index (χ0v) is 16.7. The molecule has 3 nitrogen and oxygen atoms in total. The maximum Gasteiger partial charge on any atom is 0.261 e. The number of hydrogen-bond acceptors (Lipinski definition) is 2. The van der Waals surface area contributed by atoms with Gasteiger partial charge in [-0.1, -0.05) is 42.5 Å². The van der Waals surface area contributed by atoms with Crippen molar-refractivity contribution < 1.29 is 13.6 Å². The van der Waals surface area contributed by atoms with Gasteiger partial charge in [0.25, 0.3) is 5.91 Å². The summed E-state index contributed by atoms with van der Waals surface area (Å²) in [4.78, 5) is 17.3. The van der Waals surface area contributed by atoms with E-state index in [-0.39, 0.29) is 23.3 Å². The Labute approximate surface area is 175 Å². The predicted molar refractivity (Wildman–Crippen MR) is 114 cm³/mol. The molecule has 0 atom stereocenters. The van der Waals surface area contributed by atoms with Crippen LogP contribution in [0.3, 0.4) is 0 Å². The molecule has 0 N–H and O–H groups in total. The molecule has 0 aliphatic carbocycles. The summed E-state index contributed by atoms with van der Waals surface area (Å²) in [5, 5.41) is 0.